The third-order valence-electron chi connectivity index (χ3n) is 0.930. The first-order chi connectivity index (χ1) is 4.61. The minimum Gasteiger partial charge on any atom is -0.768 e. The largest absolute Gasteiger partial charge is 1.00 e. The van der Waals surface area contributed by atoms with Crippen molar-refractivity contribution in [2.24, 2.45) is 0 Å². The van der Waals surface area contributed by atoms with Gasteiger partial charge < -0.3 is 4.55 Å². The molecule has 0 amide bonds. The first-order valence-corrected chi connectivity index (χ1v) is 5.15. The van der Waals surface area contributed by atoms with E-state index in [0.717, 1.165) is 4.88 Å². The van der Waals surface area contributed by atoms with Crippen molar-refractivity contribution in [1.29, 1.82) is 0 Å². The van der Waals surface area contributed by atoms with Crippen LogP contribution in [0.5, 0.6) is 0 Å². The molecule has 0 saturated heterocycles. The van der Waals surface area contributed by atoms with Crippen LogP contribution in [0.4, 0.5) is 0 Å². The van der Waals surface area contributed by atoms with Gasteiger partial charge in [-0.25, -0.2) is 0 Å². The van der Waals surface area contributed by atoms with E-state index in [-0.39, 0.29) is 29.6 Å². The zero-order valence-electron chi connectivity index (χ0n) is 6.09. The van der Waals surface area contributed by atoms with Crippen LogP contribution in [0.1, 0.15) is 4.88 Å². The van der Waals surface area contributed by atoms with Crippen LogP contribution >= 0.6 is 27.3 Å². The van der Waals surface area contributed by atoms with E-state index >= 15 is 0 Å². The summed E-state index contributed by atoms with van der Waals surface area (Å²) in [6, 6.07) is 1.79. The van der Waals surface area contributed by atoms with Crippen molar-refractivity contribution in [3.8, 4) is 0 Å². The van der Waals surface area contributed by atoms with Crippen molar-refractivity contribution in [3.63, 3.8) is 0 Å². The molecule has 2 nitrogen and oxygen atoms in total. The standard InChI is InChI=1S/C5H5BrO2S2.Na/c1-3-2-4(6)5(9-3)10(7)8;/h2H,1H3,(H,7,8);/q;+1/p-1. The third kappa shape index (κ3) is 3.26. The van der Waals surface area contributed by atoms with Crippen molar-refractivity contribution < 1.29 is 38.3 Å². The monoisotopic (exact) mass is 262 g/mol. The van der Waals surface area contributed by atoms with E-state index in [9.17, 15) is 8.76 Å². The Labute approximate surface area is 102 Å². The normalized spacial score (nSPS) is 12.3. The van der Waals surface area contributed by atoms with Gasteiger partial charge in [-0.1, -0.05) is 0 Å². The van der Waals surface area contributed by atoms with E-state index in [1.54, 1.807) is 6.07 Å². The Morgan fingerprint density at radius 1 is 1.73 bits per heavy atom. The summed E-state index contributed by atoms with van der Waals surface area (Å²) in [4.78, 5) is 0.992. The average molecular weight is 263 g/mol. The number of halogens is 1. The Balaban J connectivity index is 0.000001000. The Morgan fingerprint density at radius 2 is 2.27 bits per heavy atom. The second kappa shape index (κ2) is 5.11. The van der Waals surface area contributed by atoms with Gasteiger partial charge in [-0.3, -0.25) is 4.21 Å². The molecule has 1 unspecified atom stereocenters. The molecule has 1 atom stereocenters. The Kier molecular flexibility index (Phi) is 5.71. The molecule has 6 heteroatoms. The van der Waals surface area contributed by atoms with Crippen molar-refractivity contribution in [2.45, 2.75) is 11.1 Å². The second-order valence-corrected chi connectivity index (χ2v) is 4.97. The number of hydrogen-bond donors (Lipinski definition) is 0. The van der Waals surface area contributed by atoms with Crippen LogP contribution in [-0.2, 0) is 11.1 Å². The molecule has 0 aliphatic carbocycles. The topological polar surface area (TPSA) is 40.1 Å². The first-order valence-electron chi connectivity index (χ1n) is 2.46. The van der Waals surface area contributed by atoms with Crippen LogP contribution in [0.15, 0.2) is 14.7 Å². The Hall–Kier alpha value is 1.29. The molecule has 56 valence electrons. The van der Waals surface area contributed by atoms with Gasteiger partial charge in [0.1, 0.15) is 0 Å². The van der Waals surface area contributed by atoms with Crippen LogP contribution in [0.25, 0.3) is 0 Å². The van der Waals surface area contributed by atoms with Crippen LogP contribution in [0.3, 0.4) is 0 Å². The molecular weight excluding hydrogens is 259 g/mol. The fourth-order valence-electron chi connectivity index (χ4n) is 0.575. The van der Waals surface area contributed by atoms with Gasteiger partial charge >= 0.3 is 29.6 Å². The Bertz CT molecular complexity index is 273. The van der Waals surface area contributed by atoms with Crippen molar-refractivity contribution in [2.75, 3.05) is 0 Å². The molecule has 11 heavy (non-hydrogen) atoms. The zero-order valence-corrected chi connectivity index (χ0v) is 11.3. The quantitative estimate of drug-likeness (QED) is 0.484. The van der Waals surface area contributed by atoms with Gasteiger partial charge in [-0.2, -0.15) is 0 Å². The maximum atomic E-state index is 10.4. The van der Waals surface area contributed by atoms with E-state index < -0.39 is 11.1 Å². The molecule has 0 bridgehead atoms. The molecular formula is C5H4BrNaO2S2. The van der Waals surface area contributed by atoms with E-state index in [4.69, 9.17) is 0 Å². The summed E-state index contributed by atoms with van der Waals surface area (Å²) < 4.78 is 21.9. The fourth-order valence-corrected chi connectivity index (χ4v) is 3.22. The molecule has 0 fully saturated rings. The summed E-state index contributed by atoms with van der Waals surface area (Å²) in [5, 5.41) is 0. The molecule has 0 aromatic carbocycles. The van der Waals surface area contributed by atoms with Crippen molar-refractivity contribution >= 4 is 38.3 Å². The zero-order chi connectivity index (χ0) is 7.72. The summed E-state index contributed by atoms with van der Waals surface area (Å²) in [5.74, 6) is 0. The van der Waals surface area contributed by atoms with Crippen LogP contribution in [-0.4, -0.2) is 8.76 Å². The van der Waals surface area contributed by atoms with Gasteiger partial charge in [0.05, 0.1) is 4.21 Å². The Morgan fingerprint density at radius 3 is 2.45 bits per heavy atom. The van der Waals surface area contributed by atoms with Gasteiger partial charge in [-0.05, 0) is 40.0 Å². The molecule has 1 aromatic rings. The number of rotatable bonds is 1. The molecule has 0 saturated carbocycles. The average Bonchev–Trinajstić information content (AvgIpc) is 2.10. The maximum absolute atomic E-state index is 10.4. The SMILES string of the molecule is Cc1cc(Br)c(S(=O)[O-])s1.[Na+]. The van der Waals surface area contributed by atoms with E-state index in [1.165, 1.54) is 11.3 Å². The van der Waals surface area contributed by atoms with E-state index in [1.807, 2.05) is 6.92 Å². The summed E-state index contributed by atoms with van der Waals surface area (Å²) >= 11 is 2.30. The molecule has 0 aliphatic rings. The smallest absolute Gasteiger partial charge is 0.768 e. The molecule has 0 radical (unpaired) electrons. The van der Waals surface area contributed by atoms with Crippen LogP contribution in [0.2, 0.25) is 0 Å². The molecule has 0 N–H and O–H groups in total. The summed E-state index contributed by atoms with van der Waals surface area (Å²) in [6.07, 6.45) is 0. The number of hydrogen-bond acceptors (Lipinski definition) is 3. The molecule has 1 rings (SSSR count). The van der Waals surface area contributed by atoms with Gasteiger partial charge in [0.2, 0.25) is 0 Å². The van der Waals surface area contributed by atoms with Crippen LogP contribution in [0, 0.1) is 6.92 Å². The van der Waals surface area contributed by atoms with Gasteiger partial charge in [-0.15, -0.1) is 11.3 Å². The minimum atomic E-state index is -2.10. The minimum absolute atomic E-state index is 0. The first kappa shape index (κ1) is 12.3. The summed E-state index contributed by atoms with van der Waals surface area (Å²) in [6.45, 7) is 1.87. The van der Waals surface area contributed by atoms with Crippen molar-refractivity contribution in [3.05, 3.63) is 15.4 Å². The maximum Gasteiger partial charge on any atom is 1.00 e. The fraction of sp³-hybridized carbons (Fsp3) is 0.200. The molecule has 0 spiro atoms. The van der Waals surface area contributed by atoms with Gasteiger partial charge in [0.25, 0.3) is 0 Å². The predicted octanol–water partition coefficient (Wildman–Crippen LogP) is -0.939. The third-order valence-corrected chi connectivity index (χ3v) is 4.11. The molecule has 1 heterocycles. The van der Waals surface area contributed by atoms with Crippen LogP contribution < -0.4 is 29.6 Å². The number of thiophene rings is 1. The van der Waals surface area contributed by atoms with Gasteiger partial charge in [0, 0.05) is 9.35 Å². The second-order valence-electron chi connectivity index (χ2n) is 1.73. The summed E-state index contributed by atoms with van der Waals surface area (Å²) in [5.41, 5.74) is 0. The van der Waals surface area contributed by atoms with Crippen molar-refractivity contribution in [1.82, 2.24) is 0 Å². The van der Waals surface area contributed by atoms with Gasteiger partial charge in [0.15, 0.2) is 0 Å². The summed E-state index contributed by atoms with van der Waals surface area (Å²) in [7, 11) is 0. The van der Waals surface area contributed by atoms with E-state index in [0.29, 0.717) is 8.68 Å². The molecule has 0 aliphatic heterocycles. The predicted molar refractivity (Wildman–Crippen MR) is 43.9 cm³/mol. The number of aryl methyl sites for hydroxylation is 1. The van der Waals surface area contributed by atoms with E-state index in [2.05, 4.69) is 15.9 Å². The molecule has 1 aromatic heterocycles.